The van der Waals surface area contributed by atoms with E-state index in [1.54, 1.807) is 13.8 Å². The molecule has 0 aliphatic carbocycles. The first kappa shape index (κ1) is 7.72. The summed E-state index contributed by atoms with van der Waals surface area (Å²) in [4.78, 5) is 23.8. The van der Waals surface area contributed by atoms with Gasteiger partial charge in [0.25, 0.3) is 0 Å². The molecule has 0 bridgehead atoms. The first-order valence-corrected chi connectivity index (χ1v) is 3.31. The number of aromatic amines is 1. The quantitative estimate of drug-likeness (QED) is 0.603. The van der Waals surface area contributed by atoms with Crippen LogP contribution in [0.2, 0.25) is 0 Å². The number of nitrogens with one attached hydrogen (secondary N) is 1. The Kier molecular flexibility index (Phi) is 1.89. The highest BCUT2D eigenvalue weighted by Gasteiger charge is 2.01. The molecular weight excluding hydrogens is 142 g/mol. The average molecular weight is 151 g/mol. The Morgan fingerprint density at radius 1 is 1.45 bits per heavy atom. The van der Waals surface area contributed by atoms with Crippen molar-refractivity contribution in [3.05, 3.63) is 33.2 Å². The predicted molar refractivity (Wildman–Crippen MR) is 41.9 cm³/mol. The van der Waals surface area contributed by atoms with Crippen LogP contribution in [0.5, 0.6) is 0 Å². The molecule has 1 aromatic rings. The molecule has 0 saturated carbocycles. The van der Waals surface area contributed by atoms with Crippen LogP contribution in [0.1, 0.15) is 21.6 Å². The van der Waals surface area contributed by atoms with Crippen LogP contribution in [-0.4, -0.2) is 11.3 Å². The summed E-state index contributed by atoms with van der Waals surface area (Å²) in [7, 11) is 0. The molecule has 0 radical (unpaired) electrons. The van der Waals surface area contributed by atoms with Gasteiger partial charge in [-0.2, -0.15) is 0 Å². The second kappa shape index (κ2) is 2.70. The molecule has 0 spiro atoms. The number of hydrogen-bond acceptors (Lipinski definition) is 2. The number of aromatic nitrogens is 1. The van der Waals surface area contributed by atoms with E-state index in [4.69, 9.17) is 0 Å². The van der Waals surface area contributed by atoms with E-state index in [2.05, 4.69) is 4.98 Å². The highest BCUT2D eigenvalue weighted by Crippen LogP contribution is 2.03. The molecule has 0 aliphatic heterocycles. The van der Waals surface area contributed by atoms with Crippen molar-refractivity contribution in [3.8, 4) is 0 Å². The molecule has 0 atom stereocenters. The molecule has 11 heavy (non-hydrogen) atoms. The Morgan fingerprint density at radius 3 is 2.55 bits per heavy atom. The van der Waals surface area contributed by atoms with Gasteiger partial charge in [-0.3, -0.25) is 9.59 Å². The maximum atomic E-state index is 10.8. The number of hydrogen-bond donors (Lipinski definition) is 1. The molecule has 0 saturated heterocycles. The zero-order valence-corrected chi connectivity index (χ0v) is 6.47. The average Bonchev–Trinajstić information content (AvgIpc) is 1.85. The molecule has 0 unspecified atom stereocenters. The summed E-state index contributed by atoms with van der Waals surface area (Å²) in [6.45, 7) is 3.45. The van der Waals surface area contributed by atoms with Crippen molar-refractivity contribution in [3.63, 3.8) is 0 Å². The molecular formula is C8H9NO2. The fourth-order valence-electron chi connectivity index (χ4n) is 1.04. The smallest absolute Gasteiger partial charge is 0.248 e. The summed E-state index contributed by atoms with van der Waals surface area (Å²) in [5.41, 5.74) is 1.77. The van der Waals surface area contributed by atoms with Gasteiger partial charge in [-0.05, 0) is 19.4 Å². The molecule has 1 heterocycles. The van der Waals surface area contributed by atoms with Crippen LogP contribution in [0.3, 0.4) is 0 Å². The van der Waals surface area contributed by atoms with E-state index in [1.165, 1.54) is 6.07 Å². The Morgan fingerprint density at radius 2 is 2.09 bits per heavy atom. The van der Waals surface area contributed by atoms with Gasteiger partial charge in [0, 0.05) is 17.3 Å². The standard InChI is InChI=1S/C8H9NO2/c1-5-3-8(11)9-6(2)7(5)4-10/h3-4H,1-2H3,(H,9,11). The highest BCUT2D eigenvalue weighted by molar-refractivity contribution is 5.78. The largest absolute Gasteiger partial charge is 0.326 e. The lowest BCUT2D eigenvalue weighted by Gasteiger charge is -1.99. The lowest BCUT2D eigenvalue weighted by atomic mass is 10.1. The molecule has 0 amide bonds. The molecule has 3 heteroatoms. The summed E-state index contributed by atoms with van der Waals surface area (Å²) in [5, 5.41) is 0. The van der Waals surface area contributed by atoms with Crippen LogP contribution < -0.4 is 5.56 Å². The lowest BCUT2D eigenvalue weighted by molar-refractivity contribution is 0.112. The van der Waals surface area contributed by atoms with Crippen LogP contribution >= 0.6 is 0 Å². The van der Waals surface area contributed by atoms with Crippen LogP contribution in [-0.2, 0) is 0 Å². The Bertz CT molecular complexity index is 312. The van der Waals surface area contributed by atoms with Crippen molar-refractivity contribution in [1.82, 2.24) is 4.98 Å². The van der Waals surface area contributed by atoms with E-state index in [1.807, 2.05) is 0 Å². The fourth-order valence-corrected chi connectivity index (χ4v) is 1.04. The normalized spacial score (nSPS) is 9.64. The molecule has 3 nitrogen and oxygen atoms in total. The van der Waals surface area contributed by atoms with Gasteiger partial charge in [-0.25, -0.2) is 0 Å². The fraction of sp³-hybridized carbons (Fsp3) is 0.250. The van der Waals surface area contributed by atoms with Gasteiger partial charge in [0.1, 0.15) is 0 Å². The Balaban J connectivity index is 3.48. The van der Waals surface area contributed by atoms with Gasteiger partial charge in [0.2, 0.25) is 5.56 Å². The number of rotatable bonds is 1. The minimum absolute atomic E-state index is 0.161. The van der Waals surface area contributed by atoms with Gasteiger partial charge in [-0.1, -0.05) is 0 Å². The highest BCUT2D eigenvalue weighted by atomic mass is 16.1. The van der Waals surface area contributed by atoms with Crippen molar-refractivity contribution >= 4 is 6.29 Å². The van der Waals surface area contributed by atoms with Crippen LogP contribution in [0.15, 0.2) is 10.9 Å². The lowest BCUT2D eigenvalue weighted by Crippen LogP contribution is -2.09. The maximum absolute atomic E-state index is 10.8. The maximum Gasteiger partial charge on any atom is 0.248 e. The van der Waals surface area contributed by atoms with Gasteiger partial charge in [0.05, 0.1) is 0 Å². The third kappa shape index (κ3) is 1.37. The summed E-state index contributed by atoms with van der Waals surface area (Å²) in [6, 6.07) is 1.41. The molecule has 1 rings (SSSR count). The van der Waals surface area contributed by atoms with Crippen molar-refractivity contribution in [2.75, 3.05) is 0 Å². The zero-order chi connectivity index (χ0) is 8.43. The van der Waals surface area contributed by atoms with Crippen LogP contribution in [0, 0.1) is 13.8 Å². The topological polar surface area (TPSA) is 49.9 Å². The minimum atomic E-state index is -0.161. The van der Waals surface area contributed by atoms with Crippen molar-refractivity contribution in [2.45, 2.75) is 13.8 Å². The summed E-state index contributed by atoms with van der Waals surface area (Å²) >= 11 is 0. The predicted octanol–water partition coefficient (Wildman–Crippen LogP) is 0.804. The van der Waals surface area contributed by atoms with Crippen molar-refractivity contribution < 1.29 is 4.79 Å². The van der Waals surface area contributed by atoms with Gasteiger partial charge in [-0.15, -0.1) is 0 Å². The molecule has 1 N–H and O–H groups in total. The second-order valence-corrected chi connectivity index (χ2v) is 2.47. The van der Waals surface area contributed by atoms with E-state index in [0.29, 0.717) is 11.3 Å². The monoisotopic (exact) mass is 151 g/mol. The van der Waals surface area contributed by atoms with Crippen molar-refractivity contribution in [1.29, 1.82) is 0 Å². The number of aldehydes is 1. The molecule has 0 fully saturated rings. The van der Waals surface area contributed by atoms with E-state index in [-0.39, 0.29) is 5.56 Å². The molecule has 0 aromatic carbocycles. The number of aryl methyl sites for hydroxylation is 2. The van der Waals surface area contributed by atoms with Crippen LogP contribution in [0.25, 0.3) is 0 Å². The SMILES string of the molecule is Cc1cc(=O)[nH]c(C)c1C=O. The number of carbonyl (C=O) groups is 1. The first-order chi connectivity index (χ1) is 5.15. The summed E-state index contributed by atoms with van der Waals surface area (Å²) < 4.78 is 0. The minimum Gasteiger partial charge on any atom is -0.326 e. The Labute approximate surface area is 64.1 Å². The van der Waals surface area contributed by atoms with E-state index in [0.717, 1.165) is 11.8 Å². The van der Waals surface area contributed by atoms with Crippen molar-refractivity contribution in [2.24, 2.45) is 0 Å². The van der Waals surface area contributed by atoms with E-state index >= 15 is 0 Å². The van der Waals surface area contributed by atoms with Gasteiger partial charge in [0.15, 0.2) is 6.29 Å². The summed E-state index contributed by atoms with van der Waals surface area (Å²) in [6.07, 6.45) is 0.751. The number of carbonyl (C=O) groups excluding carboxylic acids is 1. The Hall–Kier alpha value is -1.38. The van der Waals surface area contributed by atoms with Gasteiger partial charge < -0.3 is 4.98 Å². The van der Waals surface area contributed by atoms with Crippen LogP contribution in [0.4, 0.5) is 0 Å². The number of H-pyrrole nitrogens is 1. The third-order valence-electron chi connectivity index (χ3n) is 1.60. The first-order valence-electron chi connectivity index (χ1n) is 3.31. The molecule has 0 aliphatic rings. The number of pyridine rings is 1. The molecule has 1 aromatic heterocycles. The zero-order valence-electron chi connectivity index (χ0n) is 6.47. The third-order valence-corrected chi connectivity index (χ3v) is 1.60. The van der Waals surface area contributed by atoms with E-state index in [9.17, 15) is 9.59 Å². The second-order valence-electron chi connectivity index (χ2n) is 2.47. The van der Waals surface area contributed by atoms with E-state index < -0.39 is 0 Å². The summed E-state index contributed by atoms with van der Waals surface area (Å²) in [5.74, 6) is 0. The van der Waals surface area contributed by atoms with Gasteiger partial charge >= 0.3 is 0 Å². The molecule has 58 valence electrons.